The van der Waals surface area contributed by atoms with Crippen LogP contribution in [0.25, 0.3) is 10.4 Å². The van der Waals surface area contributed by atoms with E-state index in [1.165, 1.54) is 0 Å². The highest BCUT2D eigenvalue weighted by Gasteiger charge is 2.25. The molecule has 0 heterocycles. The van der Waals surface area contributed by atoms with Gasteiger partial charge in [0.05, 0.1) is 0 Å². The third kappa shape index (κ3) is 7.37. The number of carbonyl (C=O) groups excluding carboxylic acids is 2. The summed E-state index contributed by atoms with van der Waals surface area (Å²) in [6.45, 7) is 5.21. The summed E-state index contributed by atoms with van der Waals surface area (Å²) in [6.07, 6.45) is -0.523. The van der Waals surface area contributed by atoms with Gasteiger partial charge in [-0.15, -0.1) is 0 Å². The molecule has 9 heteroatoms. The quantitative estimate of drug-likeness (QED) is 0.376. The number of azide groups is 1. The fourth-order valence-corrected chi connectivity index (χ4v) is 2.65. The van der Waals surface area contributed by atoms with Crippen molar-refractivity contribution in [2.24, 2.45) is 5.11 Å². The number of benzene rings is 2. The normalized spacial score (nSPS) is 11.7. The minimum absolute atomic E-state index is 0.182. The van der Waals surface area contributed by atoms with Crippen molar-refractivity contribution < 1.29 is 14.3 Å². The first-order valence-corrected chi connectivity index (χ1v) is 9.24. The molecule has 0 aliphatic carbocycles. The Morgan fingerprint density at radius 1 is 1.17 bits per heavy atom. The van der Waals surface area contributed by atoms with Crippen LogP contribution in [0.3, 0.4) is 0 Å². The largest absolute Gasteiger partial charge is 0.444 e. The third-order valence-electron chi connectivity index (χ3n) is 3.68. The monoisotopic (exact) mass is 415 g/mol. The van der Waals surface area contributed by atoms with Gasteiger partial charge in [0.15, 0.2) is 0 Å². The van der Waals surface area contributed by atoms with Crippen molar-refractivity contribution in [2.75, 3.05) is 5.32 Å². The highest BCUT2D eigenvalue weighted by atomic mass is 35.5. The van der Waals surface area contributed by atoms with E-state index in [0.717, 1.165) is 0 Å². The lowest BCUT2D eigenvalue weighted by molar-refractivity contribution is -0.118. The van der Waals surface area contributed by atoms with Crippen LogP contribution in [0, 0.1) is 0 Å². The molecule has 2 aromatic carbocycles. The van der Waals surface area contributed by atoms with Gasteiger partial charge in [-0.25, -0.2) is 4.79 Å². The number of alkyl carbamates (subject to hydrolysis) is 1. The Hall–Kier alpha value is -3.22. The van der Waals surface area contributed by atoms with E-state index >= 15 is 0 Å². The molecule has 0 aliphatic rings. The zero-order chi connectivity index (χ0) is 21.4. The molecular formula is C20H22ClN5O3. The first kappa shape index (κ1) is 22.1. The second kappa shape index (κ2) is 9.82. The summed E-state index contributed by atoms with van der Waals surface area (Å²) in [6, 6.07) is 12.5. The van der Waals surface area contributed by atoms with Gasteiger partial charge in [0.25, 0.3) is 0 Å². The molecule has 1 unspecified atom stereocenters. The fraction of sp³-hybridized carbons (Fsp3) is 0.300. The molecule has 0 saturated heterocycles. The van der Waals surface area contributed by atoms with Gasteiger partial charge in [-0.05, 0) is 50.1 Å². The summed E-state index contributed by atoms with van der Waals surface area (Å²) in [4.78, 5) is 27.8. The van der Waals surface area contributed by atoms with E-state index in [9.17, 15) is 9.59 Å². The second-order valence-electron chi connectivity index (χ2n) is 7.22. The first-order chi connectivity index (χ1) is 13.7. The predicted octanol–water partition coefficient (Wildman–Crippen LogP) is 5.36. The molecule has 0 aliphatic heterocycles. The van der Waals surface area contributed by atoms with Crippen LogP contribution >= 0.6 is 11.6 Å². The fourth-order valence-electron chi connectivity index (χ4n) is 2.44. The van der Waals surface area contributed by atoms with Gasteiger partial charge in [0.1, 0.15) is 11.6 Å². The van der Waals surface area contributed by atoms with E-state index in [1.54, 1.807) is 69.3 Å². The first-order valence-electron chi connectivity index (χ1n) is 8.87. The summed E-state index contributed by atoms with van der Waals surface area (Å²) in [5, 5.41) is 9.31. The molecule has 0 bridgehead atoms. The zero-order valence-corrected chi connectivity index (χ0v) is 17.1. The van der Waals surface area contributed by atoms with E-state index in [0.29, 0.717) is 22.0 Å². The topological polar surface area (TPSA) is 116 Å². The lowest BCUT2D eigenvalue weighted by atomic mass is 10.0. The van der Waals surface area contributed by atoms with Gasteiger partial charge in [-0.2, -0.15) is 0 Å². The van der Waals surface area contributed by atoms with Crippen molar-refractivity contribution in [1.29, 1.82) is 0 Å². The average Bonchev–Trinajstić information content (AvgIpc) is 2.63. The number of halogens is 1. The molecule has 2 N–H and O–H groups in total. The van der Waals surface area contributed by atoms with Crippen LogP contribution in [0.4, 0.5) is 16.2 Å². The average molecular weight is 416 g/mol. The minimum Gasteiger partial charge on any atom is -0.444 e. The maximum Gasteiger partial charge on any atom is 0.408 e. The van der Waals surface area contributed by atoms with Gasteiger partial charge >= 0.3 is 6.09 Å². The highest BCUT2D eigenvalue weighted by Crippen LogP contribution is 2.19. The summed E-state index contributed by atoms with van der Waals surface area (Å²) < 4.78 is 5.27. The summed E-state index contributed by atoms with van der Waals surface area (Å²) >= 11 is 6.21. The lowest BCUT2D eigenvalue weighted by Gasteiger charge is -2.23. The van der Waals surface area contributed by atoms with Crippen molar-refractivity contribution in [3.05, 3.63) is 69.6 Å². The molecule has 1 atom stereocenters. The number of rotatable bonds is 6. The Bertz CT molecular complexity index is 918. The minimum atomic E-state index is -0.915. The standard InChI is InChI=1S/C20H22ClN5O3/c1-20(2,3)29-19(28)24-17(12-13-6-4-5-7-16(13)21)18(27)23-14-8-10-15(11-9-14)25-26-22/h4-11,17H,12H2,1-3H3,(H,23,27)(H,24,28). The summed E-state index contributed by atoms with van der Waals surface area (Å²) in [5.41, 5.74) is 9.38. The Morgan fingerprint density at radius 3 is 2.41 bits per heavy atom. The number of hydrogen-bond donors (Lipinski definition) is 2. The molecule has 2 amide bonds. The van der Waals surface area contributed by atoms with Crippen LogP contribution in [-0.4, -0.2) is 23.6 Å². The predicted molar refractivity (Wildman–Crippen MR) is 112 cm³/mol. The van der Waals surface area contributed by atoms with Crippen LogP contribution in [0.2, 0.25) is 5.02 Å². The number of ether oxygens (including phenoxy) is 1. The van der Waals surface area contributed by atoms with E-state index in [4.69, 9.17) is 21.9 Å². The van der Waals surface area contributed by atoms with Crippen molar-refractivity contribution in [1.82, 2.24) is 5.32 Å². The Balaban J connectivity index is 2.18. The Morgan fingerprint density at radius 2 is 1.83 bits per heavy atom. The number of nitrogens with one attached hydrogen (secondary N) is 2. The molecule has 0 radical (unpaired) electrons. The lowest BCUT2D eigenvalue weighted by Crippen LogP contribution is -2.47. The van der Waals surface area contributed by atoms with Crippen molar-refractivity contribution in [3.63, 3.8) is 0 Å². The maximum absolute atomic E-state index is 12.8. The molecule has 29 heavy (non-hydrogen) atoms. The molecule has 152 valence electrons. The molecule has 0 aromatic heterocycles. The van der Waals surface area contributed by atoms with Gasteiger partial charge in [-0.3, -0.25) is 4.79 Å². The summed E-state index contributed by atoms with van der Waals surface area (Å²) in [5.74, 6) is -0.438. The maximum atomic E-state index is 12.8. The number of carbonyl (C=O) groups is 2. The van der Waals surface area contributed by atoms with Crippen molar-refractivity contribution >= 4 is 35.0 Å². The van der Waals surface area contributed by atoms with Crippen LogP contribution in [-0.2, 0) is 16.0 Å². The summed E-state index contributed by atoms with van der Waals surface area (Å²) in [7, 11) is 0. The highest BCUT2D eigenvalue weighted by molar-refractivity contribution is 6.31. The number of amides is 2. The van der Waals surface area contributed by atoms with Gasteiger partial charge in [0.2, 0.25) is 5.91 Å². The van der Waals surface area contributed by atoms with E-state index in [2.05, 4.69) is 20.7 Å². The van der Waals surface area contributed by atoms with E-state index < -0.39 is 23.6 Å². The molecule has 2 aromatic rings. The molecule has 8 nitrogen and oxygen atoms in total. The number of anilines is 1. The van der Waals surface area contributed by atoms with E-state index in [-0.39, 0.29) is 6.42 Å². The smallest absolute Gasteiger partial charge is 0.408 e. The SMILES string of the molecule is CC(C)(C)OC(=O)NC(Cc1ccccc1Cl)C(=O)Nc1ccc(N=[N+]=[N-])cc1. The number of nitrogens with zero attached hydrogens (tertiary/aromatic N) is 3. The second-order valence-corrected chi connectivity index (χ2v) is 7.63. The van der Waals surface area contributed by atoms with Gasteiger partial charge in [-0.1, -0.05) is 47.0 Å². The Labute approximate surface area is 173 Å². The molecule has 0 fully saturated rings. The van der Waals surface area contributed by atoms with Crippen LogP contribution in [0.15, 0.2) is 53.6 Å². The van der Waals surface area contributed by atoms with E-state index in [1.807, 2.05) is 0 Å². The molecular weight excluding hydrogens is 394 g/mol. The molecule has 0 spiro atoms. The van der Waals surface area contributed by atoms with Crippen molar-refractivity contribution in [3.8, 4) is 0 Å². The molecule has 0 saturated carbocycles. The van der Waals surface area contributed by atoms with Gasteiger partial charge in [0, 0.05) is 27.7 Å². The van der Waals surface area contributed by atoms with Crippen LogP contribution in [0.5, 0.6) is 0 Å². The van der Waals surface area contributed by atoms with Crippen molar-refractivity contribution in [2.45, 2.75) is 38.8 Å². The Kier molecular flexibility index (Phi) is 7.47. The van der Waals surface area contributed by atoms with Crippen LogP contribution < -0.4 is 10.6 Å². The zero-order valence-electron chi connectivity index (χ0n) is 16.3. The molecule has 2 rings (SSSR count). The van der Waals surface area contributed by atoms with Gasteiger partial charge < -0.3 is 15.4 Å². The third-order valence-corrected chi connectivity index (χ3v) is 4.05. The number of hydrogen-bond acceptors (Lipinski definition) is 4. The van der Waals surface area contributed by atoms with Crippen LogP contribution in [0.1, 0.15) is 26.3 Å².